The number of benzene rings is 2. The van der Waals surface area contributed by atoms with Crippen LogP contribution < -0.4 is 5.73 Å². The first kappa shape index (κ1) is 26.9. The molecule has 1 aliphatic carbocycles. The largest absolute Gasteiger partial charge is 0.398 e. The second kappa shape index (κ2) is 11.9. The average Bonchev–Trinajstić information content (AvgIpc) is 3.16. The number of anilines is 1. The van der Waals surface area contributed by atoms with Gasteiger partial charge in [-0.1, -0.05) is 37.1 Å². The molecule has 0 atom stereocenters. The highest BCUT2D eigenvalue weighted by molar-refractivity contribution is 5.99. The summed E-state index contributed by atoms with van der Waals surface area (Å²) in [4.78, 5) is 17.4. The van der Waals surface area contributed by atoms with Crippen LogP contribution in [0, 0.1) is 12.3 Å². The number of nitrogens with zero attached hydrogens (tertiary/aromatic N) is 2. The number of likely N-dealkylation sites (N-methyl/N-ethyl adjacent to an activating group) is 1. The first-order chi connectivity index (χ1) is 17.8. The Kier molecular flexibility index (Phi) is 8.65. The fraction of sp³-hybridized carbons (Fsp3) is 0.438. The summed E-state index contributed by atoms with van der Waals surface area (Å²) in [6, 6.07) is 12.3. The van der Waals surface area contributed by atoms with Crippen LogP contribution >= 0.6 is 0 Å². The fourth-order valence-electron chi connectivity index (χ4n) is 5.76. The molecule has 1 heterocycles. The van der Waals surface area contributed by atoms with E-state index in [0.29, 0.717) is 5.69 Å². The molecule has 0 bridgehead atoms. The van der Waals surface area contributed by atoms with E-state index in [1.54, 1.807) is 0 Å². The quantitative estimate of drug-likeness (QED) is 0.350. The highest BCUT2D eigenvalue weighted by Crippen LogP contribution is 2.43. The van der Waals surface area contributed by atoms with Crippen molar-refractivity contribution in [3.63, 3.8) is 0 Å². The molecule has 0 unspecified atom stereocenters. The molecule has 1 fully saturated rings. The van der Waals surface area contributed by atoms with Crippen LogP contribution in [0.5, 0.6) is 0 Å². The van der Waals surface area contributed by atoms with Gasteiger partial charge in [0.05, 0.1) is 0 Å². The number of allylic oxidation sites excluding steroid dienone is 4. The number of nitrogens with two attached hydrogens (primary N) is 1. The normalized spacial score (nSPS) is 17.9. The van der Waals surface area contributed by atoms with Gasteiger partial charge in [-0.15, -0.1) is 0 Å². The molecule has 2 aromatic carbocycles. The van der Waals surface area contributed by atoms with Gasteiger partial charge < -0.3 is 20.9 Å². The fourth-order valence-corrected chi connectivity index (χ4v) is 5.76. The van der Waals surface area contributed by atoms with Crippen molar-refractivity contribution in [2.45, 2.75) is 59.3 Å². The minimum Gasteiger partial charge on any atom is -0.398 e. The summed E-state index contributed by atoms with van der Waals surface area (Å²) < 4.78 is 0. The molecule has 5 heteroatoms. The van der Waals surface area contributed by atoms with Crippen LogP contribution in [0.3, 0.4) is 0 Å². The highest BCUT2D eigenvalue weighted by Gasteiger charge is 2.24. The van der Waals surface area contributed by atoms with Gasteiger partial charge in [-0.25, -0.2) is 0 Å². The second-order valence-corrected chi connectivity index (χ2v) is 10.6. The maximum atomic E-state index is 13.2. The second-order valence-electron chi connectivity index (χ2n) is 10.6. The molecule has 1 saturated heterocycles. The molecule has 0 spiro atoms. The Bertz CT molecular complexity index is 1210. The van der Waals surface area contributed by atoms with Crippen molar-refractivity contribution in [3.8, 4) is 0 Å². The molecule has 0 aromatic heterocycles. The van der Waals surface area contributed by atoms with E-state index in [0.717, 1.165) is 75.0 Å². The number of hydrogen-bond acceptors (Lipinski definition) is 4. The van der Waals surface area contributed by atoms with Gasteiger partial charge in [-0.05, 0) is 105 Å². The van der Waals surface area contributed by atoms with Gasteiger partial charge in [0.2, 0.25) is 0 Å². The van der Waals surface area contributed by atoms with E-state index in [2.05, 4.69) is 50.9 Å². The van der Waals surface area contributed by atoms with E-state index in [1.807, 2.05) is 23.1 Å². The van der Waals surface area contributed by atoms with E-state index >= 15 is 0 Å². The minimum atomic E-state index is 0.123. The van der Waals surface area contributed by atoms with Crippen molar-refractivity contribution in [1.29, 1.82) is 5.41 Å². The number of amides is 1. The monoisotopic (exact) mass is 498 g/mol. The third kappa shape index (κ3) is 5.72. The lowest BCUT2D eigenvalue weighted by molar-refractivity contribution is 0.0664. The molecule has 196 valence electrons. The number of piperazine rings is 1. The van der Waals surface area contributed by atoms with Crippen molar-refractivity contribution >= 4 is 29.0 Å². The van der Waals surface area contributed by atoms with Gasteiger partial charge in [0.15, 0.2) is 0 Å². The highest BCUT2D eigenvalue weighted by atomic mass is 16.2. The molecule has 0 radical (unpaired) electrons. The molecule has 2 aliphatic rings. The zero-order valence-corrected chi connectivity index (χ0v) is 23.0. The predicted molar refractivity (Wildman–Crippen MR) is 156 cm³/mol. The first-order valence-electron chi connectivity index (χ1n) is 13.8. The predicted octanol–water partition coefficient (Wildman–Crippen LogP) is 6.56. The van der Waals surface area contributed by atoms with Crippen LogP contribution in [0.25, 0.3) is 11.1 Å². The van der Waals surface area contributed by atoms with Crippen molar-refractivity contribution in [1.82, 2.24) is 9.80 Å². The molecular weight excluding hydrogens is 456 g/mol. The zero-order chi connectivity index (χ0) is 26.5. The Morgan fingerprint density at radius 1 is 0.973 bits per heavy atom. The summed E-state index contributed by atoms with van der Waals surface area (Å²) in [6.07, 6.45) is 7.87. The molecule has 1 aliphatic heterocycles. The summed E-state index contributed by atoms with van der Waals surface area (Å²) in [5, 5.41) is 8.13. The van der Waals surface area contributed by atoms with Gasteiger partial charge in [0.1, 0.15) is 0 Å². The molecule has 0 saturated carbocycles. The maximum absolute atomic E-state index is 13.2. The number of carbonyl (C=O) groups is 1. The molecule has 3 N–H and O–H groups in total. The Hall–Kier alpha value is -3.18. The summed E-state index contributed by atoms with van der Waals surface area (Å²) in [5.41, 5.74) is 17.4. The maximum Gasteiger partial charge on any atom is 0.253 e. The van der Waals surface area contributed by atoms with E-state index < -0.39 is 0 Å². The number of aryl methyl sites for hydroxylation is 1. The smallest absolute Gasteiger partial charge is 0.253 e. The zero-order valence-electron chi connectivity index (χ0n) is 23.0. The lowest BCUT2D eigenvalue weighted by Crippen LogP contribution is -2.47. The Morgan fingerprint density at radius 3 is 2.27 bits per heavy atom. The third-order valence-corrected chi connectivity index (χ3v) is 8.12. The van der Waals surface area contributed by atoms with Crippen LogP contribution in [0.15, 0.2) is 47.5 Å². The summed E-state index contributed by atoms with van der Waals surface area (Å²) >= 11 is 0. The number of rotatable bonds is 6. The van der Waals surface area contributed by atoms with E-state index in [1.165, 1.54) is 46.1 Å². The molecule has 5 nitrogen and oxygen atoms in total. The summed E-state index contributed by atoms with van der Waals surface area (Å²) in [7, 11) is 2.10. The van der Waals surface area contributed by atoms with Crippen LogP contribution in [0.2, 0.25) is 0 Å². The molecule has 37 heavy (non-hydrogen) atoms. The van der Waals surface area contributed by atoms with Gasteiger partial charge in [-0.3, -0.25) is 4.79 Å². The molecule has 2 aromatic rings. The standard InChI is InChI=1S/C32H42N4O/c1-5-22(2)30(24-12-14-25(15-13-24)32(37)36-19-17-35(4)18-20-36)26-9-7-6-8-10-27(26)31-23(3)11-16-29(34)28(31)21-33/h11-16,21,33H,5-10,17-20,34H2,1-4H3/b30-22+,33-21?. The lowest BCUT2D eigenvalue weighted by Gasteiger charge is -2.32. The van der Waals surface area contributed by atoms with Crippen molar-refractivity contribution in [3.05, 3.63) is 75.4 Å². The number of hydrogen-bond donors (Lipinski definition) is 2. The first-order valence-corrected chi connectivity index (χ1v) is 13.8. The Morgan fingerprint density at radius 2 is 1.62 bits per heavy atom. The van der Waals surface area contributed by atoms with Gasteiger partial charge in [0, 0.05) is 49.2 Å². The van der Waals surface area contributed by atoms with Gasteiger partial charge >= 0.3 is 0 Å². The van der Waals surface area contributed by atoms with Crippen LogP contribution in [0.1, 0.15) is 85.0 Å². The molecule has 4 rings (SSSR count). The topological polar surface area (TPSA) is 73.4 Å². The van der Waals surface area contributed by atoms with Crippen molar-refractivity contribution in [2.24, 2.45) is 0 Å². The van der Waals surface area contributed by atoms with Gasteiger partial charge in [-0.2, -0.15) is 0 Å². The summed E-state index contributed by atoms with van der Waals surface area (Å²) in [5.74, 6) is 0.123. The summed E-state index contributed by atoms with van der Waals surface area (Å²) in [6.45, 7) is 9.98. The van der Waals surface area contributed by atoms with Crippen molar-refractivity contribution in [2.75, 3.05) is 39.0 Å². The molecule has 1 amide bonds. The van der Waals surface area contributed by atoms with E-state index in [-0.39, 0.29) is 5.91 Å². The van der Waals surface area contributed by atoms with Gasteiger partial charge in [0.25, 0.3) is 5.91 Å². The number of nitrogen functional groups attached to an aromatic ring is 1. The Labute approximate surface area is 222 Å². The molecular formula is C32H42N4O. The Balaban J connectivity index is 1.79. The van der Waals surface area contributed by atoms with Crippen LogP contribution in [-0.4, -0.2) is 55.1 Å². The van der Waals surface area contributed by atoms with E-state index in [4.69, 9.17) is 11.1 Å². The SMILES string of the molecule is CC/C(C)=C(/C1=C(c2c(C)ccc(N)c2C=N)CCCCC1)c1ccc(C(=O)N2CCN(C)CC2)cc1. The lowest BCUT2D eigenvalue weighted by atomic mass is 9.82. The van der Waals surface area contributed by atoms with Crippen molar-refractivity contribution < 1.29 is 4.79 Å². The number of nitrogens with one attached hydrogen (secondary N) is 1. The number of carbonyl (C=O) groups excluding carboxylic acids is 1. The van der Waals surface area contributed by atoms with Crippen LogP contribution in [0.4, 0.5) is 5.69 Å². The van der Waals surface area contributed by atoms with E-state index in [9.17, 15) is 4.79 Å². The van der Waals surface area contributed by atoms with Crippen LogP contribution in [-0.2, 0) is 0 Å². The minimum absolute atomic E-state index is 0.123. The third-order valence-electron chi connectivity index (χ3n) is 8.12. The average molecular weight is 499 g/mol.